The van der Waals surface area contributed by atoms with E-state index >= 15 is 0 Å². The normalized spacial score (nSPS) is 26.1. The van der Waals surface area contributed by atoms with E-state index in [2.05, 4.69) is 5.32 Å². The van der Waals surface area contributed by atoms with Crippen molar-refractivity contribution in [1.29, 1.82) is 0 Å². The monoisotopic (exact) mass is 310 g/mol. The van der Waals surface area contributed by atoms with Crippen LogP contribution in [0.15, 0.2) is 18.2 Å². The lowest BCUT2D eigenvalue weighted by atomic mass is 9.74. The Morgan fingerprint density at radius 1 is 1.33 bits per heavy atom. The zero-order valence-corrected chi connectivity index (χ0v) is 12.8. The van der Waals surface area contributed by atoms with E-state index in [0.29, 0.717) is 18.1 Å². The van der Waals surface area contributed by atoms with E-state index < -0.39 is 5.82 Å². The van der Waals surface area contributed by atoms with Gasteiger partial charge in [0.05, 0.1) is 5.56 Å². The summed E-state index contributed by atoms with van der Waals surface area (Å²) >= 11 is 5.89. The first-order valence-electron chi connectivity index (χ1n) is 7.55. The molecule has 0 aliphatic carbocycles. The summed E-state index contributed by atoms with van der Waals surface area (Å²) < 4.78 is 13.9. The number of rotatable bonds is 1. The van der Waals surface area contributed by atoms with Crippen LogP contribution in [-0.4, -0.2) is 37.0 Å². The van der Waals surface area contributed by atoms with Crippen LogP contribution >= 0.6 is 11.6 Å². The van der Waals surface area contributed by atoms with Gasteiger partial charge >= 0.3 is 0 Å². The van der Waals surface area contributed by atoms with Crippen molar-refractivity contribution in [1.82, 2.24) is 10.2 Å². The van der Waals surface area contributed by atoms with Gasteiger partial charge in [-0.05, 0) is 50.4 Å². The van der Waals surface area contributed by atoms with Gasteiger partial charge in [0.2, 0.25) is 0 Å². The van der Waals surface area contributed by atoms with E-state index in [4.69, 9.17) is 11.6 Å². The number of amides is 1. The van der Waals surface area contributed by atoms with E-state index in [0.717, 1.165) is 38.8 Å². The number of piperidine rings is 2. The number of nitrogens with one attached hydrogen (secondary N) is 1. The van der Waals surface area contributed by atoms with E-state index in [1.807, 2.05) is 0 Å². The highest BCUT2D eigenvalue weighted by Crippen LogP contribution is 2.36. The maximum absolute atomic E-state index is 13.9. The fourth-order valence-corrected chi connectivity index (χ4v) is 3.76. The van der Waals surface area contributed by atoms with Crippen LogP contribution in [-0.2, 0) is 0 Å². The van der Waals surface area contributed by atoms with Crippen molar-refractivity contribution in [3.05, 3.63) is 34.6 Å². The van der Waals surface area contributed by atoms with Gasteiger partial charge in [0.15, 0.2) is 0 Å². The molecule has 0 radical (unpaired) electrons. The predicted octanol–water partition coefficient (Wildman–Crippen LogP) is 3.08. The molecule has 1 amide bonds. The van der Waals surface area contributed by atoms with Gasteiger partial charge in [-0.15, -0.1) is 0 Å². The Bertz CT molecular complexity index is 538. The van der Waals surface area contributed by atoms with Crippen molar-refractivity contribution in [2.75, 3.05) is 26.2 Å². The lowest BCUT2D eigenvalue weighted by molar-refractivity contribution is 0.0430. The summed E-state index contributed by atoms with van der Waals surface area (Å²) in [4.78, 5) is 14.4. The lowest BCUT2D eigenvalue weighted by Gasteiger charge is -2.45. The number of hydrogen-bond donors (Lipinski definition) is 1. The van der Waals surface area contributed by atoms with Gasteiger partial charge in [0.25, 0.3) is 5.91 Å². The van der Waals surface area contributed by atoms with E-state index in [1.54, 1.807) is 4.90 Å². The summed E-state index contributed by atoms with van der Waals surface area (Å²) in [6, 6.07) is 4.16. The number of nitrogens with zero attached hydrogens (tertiary/aromatic N) is 1. The summed E-state index contributed by atoms with van der Waals surface area (Å²) in [7, 11) is 0. The zero-order chi connectivity index (χ0) is 14.9. The van der Waals surface area contributed by atoms with Crippen molar-refractivity contribution >= 4 is 17.5 Å². The SMILES string of the molecule is O=C(c1cc(Cl)ccc1F)N1CCCC2(CCCNC2)C1. The number of carbonyl (C=O) groups is 1. The number of hydrogen-bond acceptors (Lipinski definition) is 2. The maximum atomic E-state index is 13.9. The fourth-order valence-electron chi connectivity index (χ4n) is 3.59. The summed E-state index contributed by atoms with van der Waals surface area (Å²) in [5.74, 6) is -0.731. The van der Waals surface area contributed by atoms with Crippen LogP contribution in [0.2, 0.25) is 5.02 Å². The van der Waals surface area contributed by atoms with Crippen molar-refractivity contribution in [2.24, 2.45) is 5.41 Å². The largest absolute Gasteiger partial charge is 0.338 e. The zero-order valence-electron chi connectivity index (χ0n) is 12.0. The summed E-state index contributed by atoms with van der Waals surface area (Å²) in [5.41, 5.74) is 0.254. The fraction of sp³-hybridized carbons (Fsp3) is 0.562. The Hall–Kier alpha value is -1.13. The predicted molar refractivity (Wildman–Crippen MR) is 81.1 cm³/mol. The molecule has 0 bridgehead atoms. The van der Waals surface area contributed by atoms with Crippen LogP contribution in [0.5, 0.6) is 0 Å². The summed E-state index contributed by atoms with van der Waals surface area (Å²) in [5, 5.41) is 3.83. The summed E-state index contributed by atoms with van der Waals surface area (Å²) in [6.07, 6.45) is 4.41. The second-order valence-corrected chi connectivity index (χ2v) is 6.67. The van der Waals surface area contributed by atoms with Crippen LogP contribution < -0.4 is 5.32 Å². The highest BCUT2D eigenvalue weighted by atomic mass is 35.5. The van der Waals surface area contributed by atoms with Gasteiger partial charge in [0, 0.05) is 30.1 Å². The molecular weight excluding hydrogens is 291 g/mol. The van der Waals surface area contributed by atoms with E-state index in [1.165, 1.54) is 18.2 Å². The first-order valence-corrected chi connectivity index (χ1v) is 7.93. The second kappa shape index (κ2) is 5.93. The second-order valence-electron chi connectivity index (χ2n) is 6.23. The van der Waals surface area contributed by atoms with Crippen LogP contribution in [0.25, 0.3) is 0 Å². The van der Waals surface area contributed by atoms with Crippen LogP contribution in [0, 0.1) is 11.2 Å². The third kappa shape index (κ3) is 3.06. The quantitative estimate of drug-likeness (QED) is 0.864. The minimum absolute atomic E-state index is 0.0864. The number of likely N-dealkylation sites (tertiary alicyclic amines) is 1. The highest BCUT2D eigenvalue weighted by molar-refractivity contribution is 6.31. The molecule has 1 unspecified atom stereocenters. The molecule has 1 spiro atoms. The maximum Gasteiger partial charge on any atom is 0.256 e. The number of halogens is 2. The first kappa shape index (κ1) is 14.8. The third-order valence-electron chi connectivity index (χ3n) is 4.67. The van der Waals surface area contributed by atoms with Gasteiger partial charge in [-0.25, -0.2) is 4.39 Å². The number of carbonyl (C=O) groups excluding carboxylic acids is 1. The molecule has 3 nitrogen and oxygen atoms in total. The van der Waals surface area contributed by atoms with Gasteiger partial charge < -0.3 is 10.2 Å². The molecule has 2 aliphatic rings. The van der Waals surface area contributed by atoms with Crippen molar-refractivity contribution in [2.45, 2.75) is 25.7 Å². The molecule has 1 N–H and O–H groups in total. The van der Waals surface area contributed by atoms with Crippen LogP contribution in [0.3, 0.4) is 0 Å². The van der Waals surface area contributed by atoms with Crippen LogP contribution in [0.1, 0.15) is 36.0 Å². The van der Waals surface area contributed by atoms with Crippen molar-refractivity contribution in [3.8, 4) is 0 Å². The molecule has 1 aromatic carbocycles. The van der Waals surface area contributed by atoms with Crippen molar-refractivity contribution < 1.29 is 9.18 Å². The molecule has 2 saturated heterocycles. The molecule has 3 rings (SSSR count). The van der Waals surface area contributed by atoms with Gasteiger partial charge in [-0.2, -0.15) is 0 Å². The molecule has 114 valence electrons. The molecule has 5 heteroatoms. The Labute approximate surface area is 129 Å². The Kier molecular flexibility index (Phi) is 4.18. The molecule has 2 heterocycles. The number of benzene rings is 1. The average molecular weight is 311 g/mol. The molecule has 0 saturated carbocycles. The first-order chi connectivity index (χ1) is 10.1. The molecule has 1 aromatic rings. The Morgan fingerprint density at radius 2 is 2.14 bits per heavy atom. The third-order valence-corrected chi connectivity index (χ3v) is 4.90. The molecule has 1 atom stereocenters. The average Bonchev–Trinajstić information content (AvgIpc) is 2.50. The highest BCUT2D eigenvalue weighted by Gasteiger charge is 2.38. The van der Waals surface area contributed by atoms with E-state index in [9.17, 15) is 9.18 Å². The minimum Gasteiger partial charge on any atom is -0.338 e. The minimum atomic E-state index is -0.495. The van der Waals surface area contributed by atoms with Gasteiger partial charge in [-0.3, -0.25) is 4.79 Å². The molecule has 0 aromatic heterocycles. The van der Waals surface area contributed by atoms with Crippen LogP contribution in [0.4, 0.5) is 4.39 Å². The molecule has 2 aliphatic heterocycles. The van der Waals surface area contributed by atoms with Crippen molar-refractivity contribution in [3.63, 3.8) is 0 Å². The molecule has 21 heavy (non-hydrogen) atoms. The van der Waals surface area contributed by atoms with E-state index in [-0.39, 0.29) is 16.9 Å². The Balaban J connectivity index is 1.79. The summed E-state index contributed by atoms with van der Waals surface area (Å²) in [6.45, 7) is 3.42. The van der Waals surface area contributed by atoms with Gasteiger partial charge in [-0.1, -0.05) is 11.6 Å². The standard InChI is InChI=1S/C16H20ClFN2O/c17-12-3-4-14(18)13(9-12)15(21)20-8-2-6-16(11-20)5-1-7-19-10-16/h3-4,9,19H,1-2,5-8,10-11H2. The lowest BCUT2D eigenvalue weighted by Crippen LogP contribution is -2.52. The Morgan fingerprint density at radius 3 is 2.90 bits per heavy atom. The molecular formula is C16H20ClFN2O. The van der Waals surface area contributed by atoms with Gasteiger partial charge in [0.1, 0.15) is 5.82 Å². The molecule has 2 fully saturated rings. The smallest absolute Gasteiger partial charge is 0.256 e. The topological polar surface area (TPSA) is 32.3 Å².